The van der Waals surface area contributed by atoms with E-state index in [1.54, 1.807) is 0 Å². The molecule has 2 aliphatic rings. The average Bonchev–Trinajstić information content (AvgIpc) is 2.71. The summed E-state index contributed by atoms with van der Waals surface area (Å²) in [5.74, 6) is 0. The van der Waals surface area contributed by atoms with E-state index in [1.165, 1.54) is 18.5 Å². The Bertz CT molecular complexity index is 494. The normalized spacial score (nSPS) is 29.7. The number of aliphatic hydroxyl groups excluding tert-OH is 1. The minimum Gasteiger partial charge on any atom is -0.393 e. The molecular formula is C17H25ClN2O. The maximum absolute atomic E-state index is 9.92. The molecule has 0 spiro atoms. The molecule has 0 radical (unpaired) electrons. The average molecular weight is 309 g/mol. The largest absolute Gasteiger partial charge is 0.393 e. The molecule has 3 atom stereocenters. The highest BCUT2D eigenvalue weighted by Crippen LogP contribution is 2.40. The number of benzene rings is 1. The van der Waals surface area contributed by atoms with Crippen molar-refractivity contribution in [2.45, 2.75) is 63.8 Å². The Labute approximate surface area is 132 Å². The van der Waals surface area contributed by atoms with Crippen LogP contribution in [-0.2, 0) is 0 Å². The number of rotatable bonds is 4. The quantitative estimate of drug-likeness (QED) is 0.893. The number of piperidine rings is 1. The molecule has 2 fully saturated rings. The van der Waals surface area contributed by atoms with Gasteiger partial charge >= 0.3 is 0 Å². The first kappa shape index (κ1) is 15.1. The molecule has 0 saturated carbocycles. The summed E-state index contributed by atoms with van der Waals surface area (Å²) in [6.45, 7) is 5.19. The smallest absolute Gasteiger partial charge is 0.0579 e. The van der Waals surface area contributed by atoms with Crippen molar-refractivity contribution in [2.24, 2.45) is 0 Å². The van der Waals surface area contributed by atoms with E-state index < -0.39 is 0 Å². The molecule has 1 aromatic rings. The number of fused-ring (bicyclic) bond motifs is 2. The summed E-state index contributed by atoms with van der Waals surface area (Å²) in [6.07, 6.45) is 4.04. The topological polar surface area (TPSA) is 35.5 Å². The van der Waals surface area contributed by atoms with Gasteiger partial charge in [-0.15, -0.1) is 0 Å². The molecule has 0 aliphatic carbocycles. The number of halogens is 1. The van der Waals surface area contributed by atoms with Crippen molar-refractivity contribution < 1.29 is 5.11 Å². The summed E-state index contributed by atoms with van der Waals surface area (Å²) in [5, 5.41) is 14.2. The van der Waals surface area contributed by atoms with E-state index >= 15 is 0 Å². The van der Waals surface area contributed by atoms with Crippen LogP contribution in [-0.4, -0.2) is 29.8 Å². The zero-order chi connectivity index (χ0) is 15.0. The second-order valence-electron chi connectivity index (χ2n) is 6.40. The first-order valence-electron chi connectivity index (χ1n) is 8.09. The van der Waals surface area contributed by atoms with Crippen LogP contribution < -0.4 is 10.2 Å². The SMILES string of the molecule is CCNC(C)c1ccc(N2C3CCC2CC(O)C3)cc1Cl. The van der Waals surface area contributed by atoms with E-state index in [-0.39, 0.29) is 12.1 Å². The summed E-state index contributed by atoms with van der Waals surface area (Å²) < 4.78 is 0. The van der Waals surface area contributed by atoms with Gasteiger partial charge in [0.25, 0.3) is 0 Å². The van der Waals surface area contributed by atoms with Crippen LogP contribution in [0.1, 0.15) is 51.1 Å². The molecular weight excluding hydrogens is 284 g/mol. The molecule has 0 amide bonds. The third kappa shape index (κ3) is 2.92. The van der Waals surface area contributed by atoms with Crippen molar-refractivity contribution in [1.29, 1.82) is 0 Å². The van der Waals surface area contributed by atoms with Crippen molar-refractivity contribution in [3.8, 4) is 0 Å². The molecule has 2 saturated heterocycles. The molecule has 0 aromatic heterocycles. The van der Waals surface area contributed by atoms with Crippen molar-refractivity contribution in [1.82, 2.24) is 5.32 Å². The molecule has 2 aliphatic heterocycles. The highest BCUT2D eigenvalue weighted by atomic mass is 35.5. The lowest BCUT2D eigenvalue weighted by atomic mass is 9.98. The fraction of sp³-hybridized carbons (Fsp3) is 0.647. The van der Waals surface area contributed by atoms with Crippen LogP contribution in [0, 0.1) is 0 Å². The zero-order valence-electron chi connectivity index (χ0n) is 12.8. The van der Waals surface area contributed by atoms with Crippen molar-refractivity contribution in [3.05, 3.63) is 28.8 Å². The number of nitrogens with one attached hydrogen (secondary N) is 1. The van der Waals surface area contributed by atoms with Crippen molar-refractivity contribution >= 4 is 17.3 Å². The summed E-state index contributed by atoms with van der Waals surface area (Å²) >= 11 is 6.51. The molecule has 2 bridgehead atoms. The number of nitrogens with zero attached hydrogens (tertiary/aromatic N) is 1. The van der Waals surface area contributed by atoms with Gasteiger partial charge in [-0.05, 0) is 56.8 Å². The first-order chi connectivity index (χ1) is 10.1. The first-order valence-corrected chi connectivity index (χ1v) is 8.47. The lowest BCUT2D eigenvalue weighted by Gasteiger charge is -2.39. The Morgan fingerprint density at radius 1 is 1.33 bits per heavy atom. The standard InChI is InChI=1S/C17H25ClN2O/c1-3-19-11(2)16-7-6-14(10-17(16)18)20-12-4-5-13(20)9-15(21)8-12/h6-7,10-13,15,19,21H,3-5,8-9H2,1-2H3. The lowest BCUT2D eigenvalue weighted by molar-refractivity contribution is 0.126. The van der Waals surface area contributed by atoms with E-state index in [1.807, 2.05) is 0 Å². The highest BCUT2D eigenvalue weighted by molar-refractivity contribution is 6.31. The van der Waals surface area contributed by atoms with Gasteiger partial charge < -0.3 is 15.3 Å². The van der Waals surface area contributed by atoms with Crippen LogP contribution >= 0.6 is 11.6 Å². The van der Waals surface area contributed by atoms with Gasteiger partial charge in [0, 0.05) is 28.8 Å². The lowest BCUT2D eigenvalue weighted by Crippen LogP contribution is -2.44. The van der Waals surface area contributed by atoms with Gasteiger partial charge in [0.1, 0.15) is 0 Å². The predicted molar refractivity (Wildman–Crippen MR) is 88.1 cm³/mol. The molecule has 2 heterocycles. The van der Waals surface area contributed by atoms with Gasteiger partial charge in [-0.1, -0.05) is 24.6 Å². The maximum atomic E-state index is 9.92. The Hall–Kier alpha value is -0.770. The van der Waals surface area contributed by atoms with Crippen LogP contribution in [0.3, 0.4) is 0 Å². The Kier molecular flexibility index (Phi) is 4.43. The summed E-state index contributed by atoms with van der Waals surface area (Å²) in [5.41, 5.74) is 2.37. The molecule has 21 heavy (non-hydrogen) atoms. The van der Waals surface area contributed by atoms with Crippen LogP contribution in [0.25, 0.3) is 0 Å². The second-order valence-corrected chi connectivity index (χ2v) is 6.81. The van der Waals surface area contributed by atoms with Crippen LogP contribution in [0.2, 0.25) is 5.02 Å². The van der Waals surface area contributed by atoms with Gasteiger partial charge in [-0.3, -0.25) is 0 Å². The second kappa shape index (κ2) is 6.15. The van der Waals surface area contributed by atoms with Gasteiger partial charge in [0.2, 0.25) is 0 Å². The number of hydrogen-bond acceptors (Lipinski definition) is 3. The molecule has 4 heteroatoms. The molecule has 116 valence electrons. The van der Waals surface area contributed by atoms with Gasteiger partial charge in [0.15, 0.2) is 0 Å². The predicted octanol–water partition coefficient (Wildman–Crippen LogP) is 3.50. The van der Waals surface area contributed by atoms with E-state index in [4.69, 9.17) is 11.6 Å². The Morgan fingerprint density at radius 2 is 2.00 bits per heavy atom. The number of aliphatic hydroxyl groups is 1. The highest BCUT2D eigenvalue weighted by Gasteiger charge is 2.40. The van der Waals surface area contributed by atoms with Crippen molar-refractivity contribution in [2.75, 3.05) is 11.4 Å². The summed E-state index contributed by atoms with van der Waals surface area (Å²) in [4.78, 5) is 2.49. The Balaban J connectivity index is 1.83. The van der Waals surface area contributed by atoms with E-state index in [2.05, 4.69) is 42.3 Å². The fourth-order valence-electron chi connectivity index (χ4n) is 4.01. The van der Waals surface area contributed by atoms with Gasteiger partial charge in [0.05, 0.1) is 6.10 Å². The maximum Gasteiger partial charge on any atom is 0.0579 e. The molecule has 3 nitrogen and oxygen atoms in total. The van der Waals surface area contributed by atoms with E-state index in [0.717, 1.165) is 30.0 Å². The number of anilines is 1. The third-order valence-electron chi connectivity index (χ3n) is 4.97. The molecule has 2 N–H and O–H groups in total. The Morgan fingerprint density at radius 3 is 2.57 bits per heavy atom. The summed E-state index contributed by atoms with van der Waals surface area (Å²) in [6, 6.07) is 7.68. The summed E-state index contributed by atoms with van der Waals surface area (Å²) in [7, 11) is 0. The van der Waals surface area contributed by atoms with Crippen LogP contribution in [0.4, 0.5) is 5.69 Å². The molecule has 1 aromatic carbocycles. The van der Waals surface area contributed by atoms with E-state index in [0.29, 0.717) is 12.1 Å². The number of hydrogen-bond donors (Lipinski definition) is 2. The van der Waals surface area contributed by atoms with Crippen LogP contribution in [0.5, 0.6) is 0 Å². The van der Waals surface area contributed by atoms with Crippen LogP contribution in [0.15, 0.2) is 18.2 Å². The fourth-order valence-corrected chi connectivity index (χ4v) is 4.35. The van der Waals surface area contributed by atoms with Crippen molar-refractivity contribution in [3.63, 3.8) is 0 Å². The molecule has 3 unspecified atom stereocenters. The monoisotopic (exact) mass is 308 g/mol. The zero-order valence-corrected chi connectivity index (χ0v) is 13.6. The van der Waals surface area contributed by atoms with Gasteiger partial charge in [-0.25, -0.2) is 0 Å². The third-order valence-corrected chi connectivity index (χ3v) is 5.29. The van der Waals surface area contributed by atoms with Gasteiger partial charge in [-0.2, -0.15) is 0 Å². The van der Waals surface area contributed by atoms with E-state index in [9.17, 15) is 5.11 Å². The molecule has 3 rings (SSSR count). The minimum atomic E-state index is -0.123. The minimum absolute atomic E-state index is 0.123.